The number of pyridine rings is 1. The molecular weight excluding hydrogens is 456 g/mol. The highest BCUT2D eigenvalue weighted by Gasteiger charge is 2.36. The maximum Gasteiger partial charge on any atom is 0.268 e. The smallest absolute Gasteiger partial charge is 0.268 e. The fourth-order valence-corrected chi connectivity index (χ4v) is 4.59. The van der Waals surface area contributed by atoms with Crippen LogP contribution in [0.15, 0.2) is 35.5 Å². The van der Waals surface area contributed by atoms with Gasteiger partial charge in [-0.15, -0.1) is 5.10 Å². The van der Waals surface area contributed by atoms with Crippen LogP contribution in [0.4, 0.5) is 0 Å². The Kier molecular flexibility index (Phi) is 5.72. The zero-order valence-electron chi connectivity index (χ0n) is 17.9. The van der Waals surface area contributed by atoms with E-state index in [0.717, 1.165) is 6.42 Å². The zero-order chi connectivity index (χ0) is 23.1. The topological polar surface area (TPSA) is 121 Å². The van der Waals surface area contributed by atoms with Crippen LogP contribution in [0, 0.1) is 12.3 Å². The number of amides is 1. The van der Waals surface area contributed by atoms with E-state index < -0.39 is 15.9 Å². The van der Waals surface area contributed by atoms with E-state index in [1.54, 1.807) is 19.3 Å². The van der Waals surface area contributed by atoms with Crippen molar-refractivity contribution >= 4 is 27.5 Å². The van der Waals surface area contributed by atoms with Gasteiger partial charge in [0, 0.05) is 25.5 Å². The Morgan fingerprint density at radius 1 is 1.28 bits per heavy atom. The van der Waals surface area contributed by atoms with Crippen LogP contribution in [-0.2, 0) is 17.1 Å². The molecular formula is C20H23ClN6O4S. The molecule has 0 aromatic carbocycles. The normalized spacial score (nSPS) is 14.9. The Balaban J connectivity index is 1.45. The minimum Gasteiger partial charge on any atom is -0.477 e. The van der Waals surface area contributed by atoms with E-state index >= 15 is 0 Å². The van der Waals surface area contributed by atoms with Gasteiger partial charge in [0.15, 0.2) is 5.82 Å². The first-order valence-electron chi connectivity index (χ1n) is 9.99. The number of hydrogen-bond donors (Lipinski definition) is 1. The van der Waals surface area contributed by atoms with Crippen LogP contribution in [0.1, 0.15) is 42.2 Å². The number of halogens is 1. The van der Waals surface area contributed by atoms with Crippen molar-refractivity contribution in [3.63, 3.8) is 0 Å². The van der Waals surface area contributed by atoms with Crippen molar-refractivity contribution in [3.05, 3.63) is 47.0 Å². The summed E-state index contributed by atoms with van der Waals surface area (Å²) in [7, 11) is -2.52. The lowest BCUT2D eigenvalue weighted by atomic mass is 10.1. The van der Waals surface area contributed by atoms with Crippen LogP contribution < -0.4 is 9.46 Å². The van der Waals surface area contributed by atoms with Gasteiger partial charge in [0.05, 0.1) is 17.9 Å². The Hall–Kier alpha value is -2.92. The predicted octanol–water partition coefficient (Wildman–Crippen LogP) is 2.65. The van der Waals surface area contributed by atoms with Gasteiger partial charge in [-0.05, 0) is 43.7 Å². The van der Waals surface area contributed by atoms with Gasteiger partial charge in [0.1, 0.15) is 10.0 Å². The number of ether oxygens (including phenoxy) is 1. The quantitative estimate of drug-likeness (QED) is 0.494. The first-order valence-corrected chi connectivity index (χ1v) is 11.9. The lowest BCUT2D eigenvalue weighted by Crippen LogP contribution is -2.31. The Labute approximate surface area is 190 Å². The van der Waals surface area contributed by atoms with E-state index in [9.17, 15) is 13.2 Å². The second kappa shape index (κ2) is 8.21. The largest absolute Gasteiger partial charge is 0.477 e. The third-order valence-corrected chi connectivity index (χ3v) is 7.14. The molecule has 1 fully saturated rings. The van der Waals surface area contributed by atoms with Gasteiger partial charge in [0.2, 0.25) is 5.88 Å². The van der Waals surface area contributed by atoms with Gasteiger partial charge >= 0.3 is 0 Å². The molecule has 10 nitrogen and oxygen atoms in total. The molecule has 1 saturated carbocycles. The molecule has 12 heteroatoms. The summed E-state index contributed by atoms with van der Waals surface area (Å²) in [4.78, 5) is 16.6. The summed E-state index contributed by atoms with van der Waals surface area (Å²) in [5.74, 6) is -0.0659. The number of rotatable bonds is 8. The monoisotopic (exact) mass is 478 g/mol. The first kappa shape index (κ1) is 22.3. The summed E-state index contributed by atoms with van der Waals surface area (Å²) in [6.07, 6.45) is 6.43. The molecule has 1 aliphatic rings. The van der Waals surface area contributed by atoms with Crippen molar-refractivity contribution in [2.75, 3.05) is 6.61 Å². The number of hydrogen-bond acceptors (Lipinski definition) is 7. The van der Waals surface area contributed by atoms with E-state index in [1.165, 1.54) is 47.5 Å². The van der Waals surface area contributed by atoms with E-state index in [1.807, 2.05) is 4.72 Å². The summed E-state index contributed by atoms with van der Waals surface area (Å²) in [6, 6.07) is 4.63. The molecule has 3 heterocycles. The summed E-state index contributed by atoms with van der Waals surface area (Å²) >= 11 is 6.18. The van der Waals surface area contributed by atoms with Crippen LogP contribution in [0.5, 0.6) is 5.88 Å². The molecule has 3 aromatic rings. The molecule has 32 heavy (non-hydrogen) atoms. The molecule has 0 radical (unpaired) electrons. The zero-order valence-corrected chi connectivity index (χ0v) is 19.4. The Bertz CT molecular complexity index is 1280. The molecule has 0 atom stereocenters. The average Bonchev–Trinajstić information content (AvgIpc) is 3.09. The highest BCUT2D eigenvalue weighted by Crippen LogP contribution is 2.47. The molecule has 0 aliphatic heterocycles. The van der Waals surface area contributed by atoms with E-state index in [-0.39, 0.29) is 21.3 Å². The SMILES string of the molecule is Cc1nn(C)cc1S(=O)(=O)NC(=O)c1ccc(-n2ccc(OCCC3(C)CC3)n2)nc1Cl. The fourth-order valence-electron chi connectivity index (χ4n) is 3.17. The molecule has 0 spiro atoms. The van der Waals surface area contributed by atoms with Crippen molar-refractivity contribution in [1.82, 2.24) is 29.3 Å². The number of nitrogens with one attached hydrogen (secondary N) is 1. The van der Waals surface area contributed by atoms with Gasteiger partial charge in [-0.2, -0.15) is 5.10 Å². The van der Waals surface area contributed by atoms with Crippen molar-refractivity contribution in [2.24, 2.45) is 12.5 Å². The van der Waals surface area contributed by atoms with Gasteiger partial charge in [-0.3, -0.25) is 9.48 Å². The van der Waals surface area contributed by atoms with Crippen molar-refractivity contribution in [3.8, 4) is 11.7 Å². The molecule has 4 rings (SSSR count). The van der Waals surface area contributed by atoms with Gasteiger partial charge < -0.3 is 4.74 Å². The molecule has 0 unspecified atom stereocenters. The van der Waals surface area contributed by atoms with Crippen LogP contribution in [0.25, 0.3) is 5.82 Å². The highest BCUT2D eigenvalue weighted by molar-refractivity contribution is 7.90. The lowest BCUT2D eigenvalue weighted by Gasteiger charge is -2.09. The molecule has 1 aliphatic carbocycles. The van der Waals surface area contributed by atoms with E-state index in [2.05, 4.69) is 22.1 Å². The maximum atomic E-state index is 12.5. The molecule has 1 N–H and O–H groups in total. The molecule has 1 amide bonds. The number of nitrogens with zero attached hydrogens (tertiary/aromatic N) is 5. The highest BCUT2D eigenvalue weighted by atomic mass is 35.5. The number of sulfonamides is 1. The van der Waals surface area contributed by atoms with Crippen molar-refractivity contribution in [2.45, 2.75) is 38.0 Å². The second-order valence-electron chi connectivity index (χ2n) is 8.20. The van der Waals surface area contributed by atoms with Gasteiger partial charge in [-0.1, -0.05) is 18.5 Å². The summed E-state index contributed by atoms with van der Waals surface area (Å²) in [6.45, 7) is 4.37. The predicted molar refractivity (Wildman–Crippen MR) is 116 cm³/mol. The molecule has 0 saturated heterocycles. The molecule has 3 aromatic heterocycles. The number of carbonyl (C=O) groups excluding carboxylic acids is 1. The van der Waals surface area contributed by atoms with Crippen LogP contribution in [0.2, 0.25) is 5.15 Å². The minimum atomic E-state index is -4.11. The maximum absolute atomic E-state index is 12.5. The van der Waals surface area contributed by atoms with Crippen LogP contribution in [-0.4, -0.2) is 45.5 Å². The average molecular weight is 479 g/mol. The minimum absolute atomic E-state index is 0.0816. The fraction of sp³-hybridized carbons (Fsp3) is 0.400. The standard InChI is InChI=1S/C20H23ClN6O4S/c1-13-15(12-26(3)23-13)32(29,30)25-19(28)14-4-5-16(22-18(14)21)27-10-6-17(24-27)31-11-9-20(2)7-8-20/h4-6,10,12H,7-9,11H2,1-3H3,(H,25,28). The van der Waals surface area contributed by atoms with Gasteiger partial charge in [0.25, 0.3) is 15.9 Å². The molecule has 0 bridgehead atoms. The summed E-state index contributed by atoms with van der Waals surface area (Å²) in [5, 5.41) is 8.14. The van der Waals surface area contributed by atoms with E-state index in [0.29, 0.717) is 23.7 Å². The number of aryl methyl sites for hydroxylation is 2. The van der Waals surface area contributed by atoms with Gasteiger partial charge in [-0.25, -0.2) is 22.8 Å². The molecule has 170 valence electrons. The summed E-state index contributed by atoms with van der Waals surface area (Å²) in [5.41, 5.74) is 0.592. The van der Waals surface area contributed by atoms with Crippen LogP contribution >= 0.6 is 11.6 Å². The third-order valence-electron chi connectivity index (χ3n) is 5.42. The van der Waals surface area contributed by atoms with E-state index in [4.69, 9.17) is 16.3 Å². The Morgan fingerprint density at radius 3 is 2.66 bits per heavy atom. The second-order valence-corrected chi connectivity index (χ2v) is 10.2. The van der Waals surface area contributed by atoms with Crippen LogP contribution in [0.3, 0.4) is 0 Å². The summed E-state index contributed by atoms with van der Waals surface area (Å²) < 4.78 is 35.6. The van der Waals surface area contributed by atoms with Crippen molar-refractivity contribution in [1.29, 1.82) is 0 Å². The third kappa shape index (κ3) is 4.78. The lowest BCUT2D eigenvalue weighted by molar-refractivity contribution is 0.0981. The number of carbonyl (C=O) groups is 1. The Morgan fingerprint density at radius 2 is 2.03 bits per heavy atom. The van der Waals surface area contributed by atoms with Crippen molar-refractivity contribution < 1.29 is 17.9 Å². The number of aromatic nitrogens is 5. The first-order chi connectivity index (χ1) is 15.1.